The Morgan fingerprint density at radius 1 is 1.59 bits per heavy atom. The summed E-state index contributed by atoms with van der Waals surface area (Å²) in [5.41, 5.74) is -0.743. The van der Waals surface area contributed by atoms with E-state index in [9.17, 15) is 24.1 Å². The van der Waals surface area contributed by atoms with Crippen molar-refractivity contribution in [3.8, 4) is 0 Å². The number of rotatable bonds is 4. The minimum atomic E-state index is -0.759. The second-order valence-electron chi connectivity index (χ2n) is 3.16. The fraction of sp³-hybridized carbons (Fsp3) is 0.200. The van der Waals surface area contributed by atoms with E-state index in [1.54, 1.807) is 0 Å². The molecule has 0 bridgehead atoms. The van der Waals surface area contributed by atoms with Crippen LogP contribution in [0.5, 0.6) is 0 Å². The lowest BCUT2D eigenvalue weighted by molar-refractivity contribution is -0.385. The predicted molar refractivity (Wildman–Crippen MR) is 60.4 cm³/mol. The molecule has 17 heavy (non-hydrogen) atoms. The maximum atomic E-state index is 13.4. The second kappa shape index (κ2) is 5.53. The van der Waals surface area contributed by atoms with Crippen LogP contribution in [0.25, 0.3) is 0 Å². The fourth-order valence-corrected chi connectivity index (χ4v) is 1.74. The summed E-state index contributed by atoms with van der Waals surface area (Å²) in [7, 11) is 0. The van der Waals surface area contributed by atoms with Crippen LogP contribution in [0, 0.1) is 15.9 Å². The first-order valence-electron chi connectivity index (χ1n) is 4.51. The first kappa shape index (κ1) is 13.3. The highest BCUT2D eigenvalue weighted by atomic mass is 32.2. The van der Waals surface area contributed by atoms with Crippen LogP contribution in [0.3, 0.4) is 0 Å². The normalized spacial score (nSPS) is 10.0. The van der Waals surface area contributed by atoms with Gasteiger partial charge in [-0.15, -0.1) is 0 Å². The van der Waals surface area contributed by atoms with Gasteiger partial charge in [0.2, 0.25) is 0 Å². The second-order valence-corrected chi connectivity index (χ2v) is 4.31. The molecule has 0 aliphatic rings. The van der Waals surface area contributed by atoms with E-state index >= 15 is 0 Å². The minimum absolute atomic E-state index is 0.00113. The predicted octanol–water partition coefficient (Wildman–Crippen LogP) is 2.33. The van der Waals surface area contributed by atoms with Crippen LogP contribution in [0.2, 0.25) is 0 Å². The Balaban J connectivity index is 3.15. The quantitative estimate of drug-likeness (QED) is 0.470. The summed E-state index contributed by atoms with van der Waals surface area (Å²) in [5.74, 6) is -0.729. The summed E-state index contributed by atoms with van der Waals surface area (Å²) in [6.07, 6.45) is 0.225. The molecule has 0 saturated heterocycles. The molecule has 0 N–H and O–H groups in total. The lowest BCUT2D eigenvalue weighted by Crippen LogP contribution is -1.99. The Morgan fingerprint density at radius 2 is 2.24 bits per heavy atom. The van der Waals surface area contributed by atoms with E-state index in [1.807, 2.05) is 0 Å². The summed E-state index contributed by atoms with van der Waals surface area (Å²) in [4.78, 5) is 31.1. The molecule has 0 amide bonds. The Morgan fingerprint density at radius 3 is 2.71 bits per heavy atom. The molecular formula is C10H8FNO4S. The number of nitrogens with zero attached hydrogens (tertiary/aromatic N) is 1. The van der Waals surface area contributed by atoms with Crippen LogP contribution in [-0.2, 0) is 10.5 Å². The number of nitro groups is 1. The highest BCUT2D eigenvalue weighted by molar-refractivity contribution is 8.12. The summed E-state index contributed by atoms with van der Waals surface area (Å²) < 4.78 is 13.4. The van der Waals surface area contributed by atoms with Gasteiger partial charge in [0.15, 0.2) is 11.4 Å². The Hall–Kier alpha value is -1.76. The van der Waals surface area contributed by atoms with Gasteiger partial charge in [-0.3, -0.25) is 19.7 Å². The molecular weight excluding hydrogens is 249 g/mol. The van der Waals surface area contributed by atoms with Crippen molar-refractivity contribution in [1.29, 1.82) is 0 Å². The molecule has 0 aliphatic carbocycles. The topological polar surface area (TPSA) is 77.3 Å². The highest BCUT2D eigenvalue weighted by Crippen LogP contribution is 2.24. The average molecular weight is 257 g/mol. The number of carbonyl (C=O) groups excluding carboxylic acids is 2. The van der Waals surface area contributed by atoms with Crippen LogP contribution in [-0.4, -0.2) is 16.3 Å². The smallest absolute Gasteiger partial charge is 0.280 e. The van der Waals surface area contributed by atoms with Gasteiger partial charge in [0, 0.05) is 24.3 Å². The number of hydrogen-bond donors (Lipinski definition) is 0. The molecule has 1 rings (SSSR count). The first-order chi connectivity index (χ1) is 7.95. The molecule has 1 aromatic rings. The van der Waals surface area contributed by atoms with Crippen LogP contribution < -0.4 is 0 Å². The zero-order valence-corrected chi connectivity index (χ0v) is 9.62. The fourth-order valence-electron chi connectivity index (χ4n) is 1.16. The van der Waals surface area contributed by atoms with Gasteiger partial charge in [-0.1, -0.05) is 11.8 Å². The van der Waals surface area contributed by atoms with Crippen molar-refractivity contribution >= 4 is 28.9 Å². The standard InChI is InChI=1S/C10H8FNO4S/c1-6(14)17-5-8-3-10(12(15)16)7(4-13)2-9(8)11/h2-4H,5H2,1H3. The Kier molecular flexibility index (Phi) is 4.33. The van der Waals surface area contributed by atoms with Crippen molar-refractivity contribution in [3.63, 3.8) is 0 Å². The first-order valence-corrected chi connectivity index (χ1v) is 5.49. The van der Waals surface area contributed by atoms with E-state index in [0.29, 0.717) is 0 Å². The molecule has 0 saturated carbocycles. The number of benzene rings is 1. The van der Waals surface area contributed by atoms with Gasteiger partial charge in [-0.25, -0.2) is 4.39 Å². The Bertz CT molecular complexity index is 489. The number of aldehydes is 1. The summed E-state index contributed by atoms with van der Waals surface area (Å²) >= 11 is 0.843. The lowest BCUT2D eigenvalue weighted by atomic mass is 10.1. The number of hydrogen-bond acceptors (Lipinski definition) is 5. The van der Waals surface area contributed by atoms with Crippen LogP contribution >= 0.6 is 11.8 Å². The molecule has 0 aliphatic heterocycles. The van der Waals surface area contributed by atoms with E-state index in [2.05, 4.69) is 0 Å². The van der Waals surface area contributed by atoms with Crippen molar-refractivity contribution < 1.29 is 18.9 Å². The van der Waals surface area contributed by atoms with Gasteiger partial charge < -0.3 is 0 Å². The van der Waals surface area contributed by atoms with E-state index < -0.39 is 16.4 Å². The molecule has 90 valence electrons. The molecule has 0 radical (unpaired) electrons. The maximum absolute atomic E-state index is 13.4. The van der Waals surface area contributed by atoms with Crippen LogP contribution in [0.4, 0.5) is 10.1 Å². The molecule has 0 spiro atoms. The molecule has 7 heteroatoms. The molecule has 0 fully saturated rings. The largest absolute Gasteiger partial charge is 0.298 e. The minimum Gasteiger partial charge on any atom is -0.298 e. The maximum Gasteiger partial charge on any atom is 0.280 e. The molecule has 0 heterocycles. The average Bonchev–Trinajstić information content (AvgIpc) is 2.26. The molecule has 0 atom stereocenters. The van der Waals surface area contributed by atoms with Gasteiger partial charge in [-0.2, -0.15) is 0 Å². The lowest BCUT2D eigenvalue weighted by Gasteiger charge is -2.03. The van der Waals surface area contributed by atoms with Gasteiger partial charge >= 0.3 is 0 Å². The van der Waals surface area contributed by atoms with Crippen molar-refractivity contribution in [2.24, 2.45) is 0 Å². The zero-order chi connectivity index (χ0) is 13.0. The van der Waals surface area contributed by atoms with Gasteiger partial charge in [-0.05, 0) is 6.07 Å². The van der Waals surface area contributed by atoms with E-state index in [-0.39, 0.29) is 28.3 Å². The summed E-state index contributed by atoms with van der Waals surface area (Å²) in [6, 6.07) is 1.79. The van der Waals surface area contributed by atoms with Crippen molar-refractivity contribution in [1.82, 2.24) is 0 Å². The number of halogens is 1. The SMILES string of the molecule is CC(=O)SCc1cc([N+](=O)[O-])c(C=O)cc1F. The van der Waals surface area contributed by atoms with Crippen LogP contribution in [0.1, 0.15) is 22.8 Å². The van der Waals surface area contributed by atoms with E-state index in [4.69, 9.17) is 0 Å². The third-order valence-electron chi connectivity index (χ3n) is 1.95. The molecule has 0 aromatic heterocycles. The molecule has 0 unspecified atom stereocenters. The van der Waals surface area contributed by atoms with Crippen molar-refractivity contribution in [3.05, 3.63) is 39.2 Å². The summed E-state index contributed by atoms with van der Waals surface area (Å²) in [6.45, 7) is 1.32. The van der Waals surface area contributed by atoms with Crippen molar-refractivity contribution in [2.45, 2.75) is 12.7 Å². The van der Waals surface area contributed by atoms with Crippen LogP contribution in [0.15, 0.2) is 12.1 Å². The number of thioether (sulfide) groups is 1. The summed E-state index contributed by atoms with van der Waals surface area (Å²) in [5, 5.41) is 10.4. The van der Waals surface area contributed by atoms with E-state index in [1.165, 1.54) is 6.92 Å². The zero-order valence-electron chi connectivity index (χ0n) is 8.81. The number of nitro benzene ring substituents is 1. The molecule has 1 aromatic carbocycles. The third-order valence-corrected chi connectivity index (χ3v) is 2.81. The van der Waals surface area contributed by atoms with Gasteiger partial charge in [0.25, 0.3) is 5.69 Å². The third kappa shape index (κ3) is 3.35. The van der Waals surface area contributed by atoms with Gasteiger partial charge in [0.1, 0.15) is 5.82 Å². The van der Waals surface area contributed by atoms with Gasteiger partial charge in [0.05, 0.1) is 10.5 Å². The highest BCUT2D eigenvalue weighted by Gasteiger charge is 2.18. The Labute approximate surface area is 100 Å². The van der Waals surface area contributed by atoms with E-state index in [0.717, 1.165) is 23.9 Å². The monoisotopic (exact) mass is 257 g/mol. The number of carbonyl (C=O) groups is 2. The van der Waals surface area contributed by atoms with Crippen molar-refractivity contribution in [2.75, 3.05) is 0 Å². The molecule has 5 nitrogen and oxygen atoms in total.